The van der Waals surface area contributed by atoms with Crippen LogP contribution in [-0.2, 0) is 17.7 Å². The van der Waals surface area contributed by atoms with Crippen molar-refractivity contribution in [2.24, 2.45) is 0 Å². The fraction of sp³-hybridized carbons (Fsp3) is 0.474. The maximum absolute atomic E-state index is 12.7. The van der Waals surface area contributed by atoms with Crippen LogP contribution >= 0.6 is 0 Å². The van der Waals surface area contributed by atoms with E-state index in [0.29, 0.717) is 30.0 Å². The lowest BCUT2D eigenvalue weighted by molar-refractivity contribution is -0.134. The third-order valence-corrected chi connectivity index (χ3v) is 5.08. The van der Waals surface area contributed by atoms with E-state index in [1.165, 1.54) is 17.0 Å². The average Bonchev–Trinajstić information content (AvgIpc) is 3.08. The van der Waals surface area contributed by atoms with Crippen LogP contribution in [0, 0.1) is 0 Å². The van der Waals surface area contributed by atoms with Crippen molar-refractivity contribution in [3.8, 4) is 0 Å². The molecule has 0 aliphatic carbocycles. The van der Waals surface area contributed by atoms with Gasteiger partial charge in [0.15, 0.2) is 5.65 Å². The van der Waals surface area contributed by atoms with Gasteiger partial charge in [-0.3, -0.25) is 9.36 Å². The van der Waals surface area contributed by atoms with Crippen LogP contribution in [0.25, 0.3) is 11.2 Å². The van der Waals surface area contributed by atoms with Gasteiger partial charge < -0.3 is 15.0 Å². The van der Waals surface area contributed by atoms with E-state index >= 15 is 0 Å². The normalized spacial score (nSPS) is 17.5. The number of nitrogens with two attached hydrogens (primary N) is 1. The summed E-state index contributed by atoms with van der Waals surface area (Å²) in [6.45, 7) is 0.646. The topological polar surface area (TPSA) is 101 Å². The Morgan fingerprint density at radius 3 is 2.83 bits per heavy atom. The maximum atomic E-state index is 12.7. The number of hydrogen-bond donors (Lipinski definition) is 1. The lowest BCUT2D eigenvalue weighted by Crippen LogP contribution is -2.26. The van der Waals surface area contributed by atoms with Gasteiger partial charge in [-0.25, -0.2) is 15.0 Å². The van der Waals surface area contributed by atoms with Crippen LogP contribution < -0.4 is 11.3 Å². The summed E-state index contributed by atoms with van der Waals surface area (Å²) in [7, 11) is 0. The third kappa shape index (κ3) is 4.16. The van der Waals surface area contributed by atoms with Crippen molar-refractivity contribution in [2.75, 3.05) is 12.3 Å². The van der Waals surface area contributed by atoms with Gasteiger partial charge in [0.2, 0.25) is 0 Å². The summed E-state index contributed by atoms with van der Waals surface area (Å²) < 4.78 is 47.3. The summed E-state index contributed by atoms with van der Waals surface area (Å²) in [5.41, 5.74) is 6.36. The number of aryl methyl sites for hydroxylation is 1. The van der Waals surface area contributed by atoms with E-state index in [9.17, 15) is 18.0 Å². The van der Waals surface area contributed by atoms with Gasteiger partial charge in [-0.2, -0.15) is 13.2 Å². The zero-order chi connectivity index (χ0) is 21.3. The molecule has 3 aromatic heterocycles. The van der Waals surface area contributed by atoms with Crippen molar-refractivity contribution in [1.29, 1.82) is 0 Å². The summed E-state index contributed by atoms with van der Waals surface area (Å²) in [6, 6.07) is 3.15. The number of pyridine rings is 1. The average molecular weight is 422 g/mol. The molecule has 0 bridgehead atoms. The molecule has 1 fully saturated rings. The largest absolute Gasteiger partial charge is 0.394 e. The summed E-state index contributed by atoms with van der Waals surface area (Å²) in [4.78, 5) is 25.2. The van der Waals surface area contributed by atoms with E-state index in [1.807, 2.05) is 0 Å². The Bertz CT molecular complexity index is 1100. The second-order valence-electron chi connectivity index (χ2n) is 7.22. The van der Waals surface area contributed by atoms with Gasteiger partial charge in [0.1, 0.15) is 23.9 Å². The Hall–Kier alpha value is -2.95. The molecule has 0 radical (unpaired) electrons. The molecule has 4 heterocycles. The minimum atomic E-state index is -4.30. The molecule has 0 spiro atoms. The molecule has 0 aromatic carbocycles. The molecule has 2 N–H and O–H groups in total. The first-order valence-electron chi connectivity index (χ1n) is 9.67. The predicted octanol–water partition coefficient (Wildman–Crippen LogP) is 2.81. The molecule has 11 heteroatoms. The number of fused-ring (bicyclic) bond motifs is 1. The van der Waals surface area contributed by atoms with Crippen LogP contribution in [0.3, 0.4) is 0 Å². The Kier molecular flexibility index (Phi) is 5.46. The summed E-state index contributed by atoms with van der Waals surface area (Å²) in [5, 5.41) is 0. The van der Waals surface area contributed by atoms with Crippen molar-refractivity contribution >= 4 is 16.9 Å². The van der Waals surface area contributed by atoms with Gasteiger partial charge in [-0.1, -0.05) is 0 Å². The molecule has 4 rings (SSSR count). The Morgan fingerprint density at radius 1 is 1.27 bits per heavy atom. The summed E-state index contributed by atoms with van der Waals surface area (Å²) in [6.07, 6.45) is -0.561. The molecule has 30 heavy (non-hydrogen) atoms. The Morgan fingerprint density at radius 2 is 2.10 bits per heavy atom. The highest BCUT2D eigenvalue weighted by molar-refractivity contribution is 5.74. The quantitative estimate of drug-likeness (QED) is 0.679. The number of nitrogen functional groups attached to an aromatic ring is 1. The number of nitrogens with zero attached hydrogens (tertiary/aromatic N) is 5. The first-order valence-corrected chi connectivity index (χ1v) is 9.67. The highest BCUT2D eigenvalue weighted by atomic mass is 19.4. The Balaban J connectivity index is 1.80. The molecule has 1 unspecified atom stereocenters. The maximum Gasteiger partial charge on any atom is 0.389 e. The minimum absolute atomic E-state index is 0.0821. The van der Waals surface area contributed by atoms with Crippen LogP contribution in [0.2, 0.25) is 0 Å². The van der Waals surface area contributed by atoms with Gasteiger partial charge in [0, 0.05) is 25.6 Å². The fourth-order valence-corrected chi connectivity index (χ4v) is 3.62. The van der Waals surface area contributed by atoms with Gasteiger partial charge >= 0.3 is 6.18 Å². The zero-order valence-corrected chi connectivity index (χ0v) is 16.1. The van der Waals surface area contributed by atoms with Gasteiger partial charge in [-0.05, 0) is 31.4 Å². The van der Waals surface area contributed by atoms with Crippen LogP contribution in [0.4, 0.5) is 18.9 Å². The first kappa shape index (κ1) is 20.3. The zero-order valence-electron chi connectivity index (χ0n) is 16.1. The number of alkyl halides is 3. The molecule has 3 aromatic rings. The van der Waals surface area contributed by atoms with E-state index in [2.05, 4.69) is 15.0 Å². The van der Waals surface area contributed by atoms with Crippen molar-refractivity contribution in [1.82, 2.24) is 24.1 Å². The first-order chi connectivity index (χ1) is 14.3. The van der Waals surface area contributed by atoms with Gasteiger partial charge in [0.25, 0.3) is 5.56 Å². The lowest BCUT2D eigenvalue weighted by atomic mass is 10.2. The minimum Gasteiger partial charge on any atom is -0.394 e. The van der Waals surface area contributed by atoms with Crippen molar-refractivity contribution < 1.29 is 17.9 Å². The number of hydrogen-bond acceptors (Lipinski definition) is 6. The molecule has 1 saturated heterocycles. The fourth-order valence-electron chi connectivity index (χ4n) is 3.62. The molecule has 1 aliphatic rings. The SMILES string of the molecule is Nc1cccn(Cc2nc3c(CCC(F)(F)F)ncnc3n2C2CCCCO2)c1=O. The van der Waals surface area contributed by atoms with Crippen molar-refractivity contribution in [3.63, 3.8) is 0 Å². The molecule has 0 saturated carbocycles. The monoisotopic (exact) mass is 422 g/mol. The highest BCUT2D eigenvalue weighted by Crippen LogP contribution is 2.30. The molecule has 0 amide bonds. The van der Waals surface area contributed by atoms with Crippen LogP contribution in [0.5, 0.6) is 0 Å². The van der Waals surface area contributed by atoms with E-state index in [4.69, 9.17) is 10.5 Å². The molecular weight excluding hydrogens is 401 g/mol. The summed E-state index contributed by atoms with van der Waals surface area (Å²) >= 11 is 0. The number of imidazole rings is 1. The van der Waals surface area contributed by atoms with Crippen molar-refractivity contribution in [3.05, 3.63) is 46.5 Å². The van der Waals surface area contributed by atoms with Crippen LogP contribution in [0.1, 0.15) is 43.4 Å². The number of halogens is 3. The van der Waals surface area contributed by atoms with E-state index in [0.717, 1.165) is 12.8 Å². The molecule has 1 atom stereocenters. The molecule has 160 valence electrons. The second kappa shape index (κ2) is 8.05. The predicted molar refractivity (Wildman–Crippen MR) is 103 cm³/mol. The number of rotatable bonds is 5. The van der Waals surface area contributed by atoms with Gasteiger partial charge in [0.05, 0.1) is 17.9 Å². The number of ether oxygens (including phenoxy) is 1. The Labute approximate surface area is 169 Å². The number of aromatic nitrogens is 5. The highest BCUT2D eigenvalue weighted by Gasteiger charge is 2.29. The molecule has 1 aliphatic heterocycles. The molecular formula is C19H21F3N6O2. The standard InChI is InChI=1S/C19H21F3N6O2/c20-19(21,22)7-6-13-16-17(25-11-24-13)28(15-5-1-2-9-30-15)14(26-16)10-27-8-3-4-12(23)18(27)29/h3-4,8,11,15H,1-2,5-7,9-10,23H2. The smallest absolute Gasteiger partial charge is 0.389 e. The summed E-state index contributed by atoms with van der Waals surface area (Å²) in [5.74, 6) is 0.457. The van der Waals surface area contributed by atoms with E-state index in [-0.39, 0.29) is 36.1 Å². The van der Waals surface area contributed by atoms with Gasteiger partial charge in [-0.15, -0.1) is 0 Å². The van der Waals surface area contributed by atoms with Crippen LogP contribution in [0.15, 0.2) is 29.5 Å². The lowest BCUT2D eigenvalue weighted by Gasteiger charge is -2.25. The van der Waals surface area contributed by atoms with Crippen LogP contribution in [-0.4, -0.2) is 36.9 Å². The second-order valence-corrected chi connectivity index (χ2v) is 7.22. The van der Waals surface area contributed by atoms with Crippen molar-refractivity contribution in [2.45, 2.75) is 51.1 Å². The van der Waals surface area contributed by atoms with E-state index in [1.54, 1.807) is 16.8 Å². The molecule has 8 nitrogen and oxygen atoms in total. The third-order valence-electron chi connectivity index (χ3n) is 5.08. The van der Waals surface area contributed by atoms with E-state index < -0.39 is 12.6 Å². The number of anilines is 1.